The lowest BCUT2D eigenvalue weighted by molar-refractivity contribution is 0.102. The average Bonchev–Trinajstić information content (AvgIpc) is 2.56. The maximum atomic E-state index is 12.3. The normalized spacial score (nSPS) is 10.6. The number of benzene rings is 2. The number of hydrogen-bond acceptors (Lipinski definition) is 2. The van der Waals surface area contributed by atoms with Crippen LogP contribution in [0.5, 0.6) is 0 Å². The second-order valence-corrected chi connectivity index (χ2v) is 5.34. The second-order valence-electron chi connectivity index (χ2n) is 5.34. The van der Waals surface area contributed by atoms with Gasteiger partial charge in [-0.2, -0.15) is 0 Å². The van der Waals surface area contributed by atoms with E-state index in [1.807, 2.05) is 36.4 Å². The van der Waals surface area contributed by atoms with Crippen LogP contribution in [-0.4, -0.2) is 10.9 Å². The van der Waals surface area contributed by atoms with Gasteiger partial charge in [0.05, 0.1) is 0 Å². The van der Waals surface area contributed by atoms with E-state index < -0.39 is 0 Å². The monoisotopic (exact) mass is 290 g/mol. The van der Waals surface area contributed by atoms with E-state index in [1.54, 1.807) is 12.4 Å². The molecule has 3 heteroatoms. The van der Waals surface area contributed by atoms with Crippen molar-refractivity contribution in [2.75, 3.05) is 5.32 Å². The van der Waals surface area contributed by atoms with Crippen molar-refractivity contribution in [1.82, 2.24) is 4.98 Å². The Morgan fingerprint density at radius 2 is 1.86 bits per heavy atom. The topological polar surface area (TPSA) is 42.0 Å². The lowest BCUT2D eigenvalue weighted by Gasteiger charge is -2.07. The summed E-state index contributed by atoms with van der Waals surface area (Å²) in [7, 11) is 0. The van der Waals surface area contributed by atoms with Crippen molar-refractivity contribution in [3.05, 3.63) is 72.1 Å². The Bertz CT molecular complexity index is 794. The van der Waals surface area contributed by atoms with Crippen LogP contribution in [0, 0.1) is 0 Å². The highest BCUT2D eigenvalue weighted by atomic mass is 16.1. The van der Waals surface area contributed by atoms with Crippen molar-refractivity contribution in [1.29, 1.82) is 0 Å². The van der Waals surface area contributed by atoms with Gasteiger partial charge in [0.2, 0.25) is 0 Å². The summed E-state index contributed by atoms with van der Waals surface area (Å²) in [6, 6.07) is 15.6. The summed E-state index contributed by atoms with van der Waals surface area (Å²) in [6.07, 6.45) is 5.71. The molecule has 0 saturated heterocycles. The number of carbonyl (C=O) groups excluding carboxylic acids is 1. The van der Waals surface area contributed by atoms with Gasteiger partial charge >= 0.3 is 0 Å². The van der Waals surface area contributed by atoms with E-state index in [-0.39, 0.29) is 5.91 Å². The summed E-state index contributed by atoms with van der Waals surface area (Å²) in [5.74, 6) is -0.0954. The van der Waals surface area contributed by atoms with E-state index in [2.05, 4.69) is 29.4 Å². The molecular weight excluding hydrogens is 272 g/mol. The number of hydrogen-bond donors (Lipinski definition) is 1. The lowest BCUT2D eigenvalue weighted by Crippen LogP contribution is -2.11. The first-order chi connectivity index (χ1) is 10.8. The molecule has 1 aromatic heterocycles. The number of rotatable bonds is 4. The van der Waals surface area contributed by atoms with E-state index in [0.717, 1.165) is 29.3 Å². The van der Waals surface area contributed by atoms with Gasteiger partial charge in [0, 0.05) is 29.0 Å². The highest BCUT2D eigenvalue weighted by molar-refractivity contribution is 6.06. The first-order valence-electron chi connectivity index (χ1n) is 7.50. The number of pyridine rings is 1. The fourth-order valence-corrected chi connectivity index (χ4v) is 2.47. The predicted molar refractivity (Wildman–Crippen MR) is 90.1 cm³/mol. The lowest BCUT2D eigenvalue weighted by atomic mass is 10.1. The molecule has 0 unspecified atom stereocenters. The second kappa shape index (κ2) is 6.39. The Morgan fingerprint density at radius 1 is 1.05 bits per heavy atom. The highest BCUT2D eigenvalue weighted by Crippen LogP contribution is 2.17. The van der Waals surface area contributed by atoms with Crippen molar-refractivity contribution >= 4 is 22.4 Å². The molecule has 3 aromatic rings. The Balaban J connectivity index is 1.77. The third kappa shape index (κ3) is 3.14. The molecule has 22 heavy (non-hydrogen) atoms. The van der Waals surface area contributed by atoms with Gasteiger partial charge in [-0.1, -0.05) is 31.5 Å². The Morgan fingerprint density at radius 3 is 2.64 bits per heavy atom. The summed E-state index contributed by atoms with van der Waals surface area (Å²) < 4.78 is 0. The first-order valence-corrected chi connectivity index (χ1v) is 7.50. The van der Waals surface area contributed by atoms with Crippen molar-refractivity contribution in [2.45, 2.75) is 19.8 Å². The minimum Gasteiger partial charge on any atom is -0.322 e. The first kappa shape index (κ1) is 14.3. The minimum atomic E-state index is -0.0954. The van der Waals surface area contributed by atoms with E-state index in [0.29, 0.717) is 5.56 Å². The molecule has 1 N–H and O–H groups in total. The number of amides is 1. The van der Waals surface area contributed by atoms with Crippen LogP contribution in [0.2, 0.25) is 0 Å². The van der Waals surface area contributed by atoms with Crippen LogP contribution < -0.4 is 5.32 Å². The van der Waals surface area contributed by atoms with Crippen LogP contribution in [0.3, 0.4) is 0 Å². The molecule has 0 aliphatic heterocycles. The molecule has 0 atom stereocenters. The molecule has 110 valence electrons. The molecule has 1 heterocycles. The molecule has 0 spiro atoms. The maximum absolute atomic E-state index is 12.3. The summed E-state index contributed by atoms with van der Waals surface area (Å²) >= 11 is 0. The molecule has 0 fully saturated rings. The van der Waals surface area contributed by atoms with Gasteiger partial charge in [-0.25, -0.2) is 0 Å². The molecule has 3 rings (SSSR count). The fourth-order valence-electron chi connectivity index (χ4n) is 2.47. The molecule has 3 nitrogen and oxygen atoms in total. The van der Waals surface area contributed by atoms with Crippen molar-refractivity contribution < 1.29 is 4.79 Å². The molecule has 0 bridgehead atoms. The standard InChI is InChI=1S/C19H18N2O/c1-2-3-14-4-8-18(9-5-14)21-19(22)16-6-7-17-13-20-11-10-15(17)12-16/h4-13H,2-3H2,1H3,(H,21,22). The van der Waals surface area contributed by atoms with Crippen LogP contribution in [-0.2, 0) is 6.42 Å². The fraction of sp³-hybridized carbons (Fsp3) is 0.158. The third-order valence-corrected chi connectivity index (χ3v) is 3.65. The van der Waals surface area contributed by atoms with Gasteiger partial charge in [-0.15, -0.1) is 0 Å². The largest absolute Gasteiger partial charge is 0.322 e. The van der Waals surface area contributed by atoms with Crippen LogP contribution >= 0.6 is 0 Å². The zero-order chi connectivity index (χ0) is 15.4. The van der Waals surface area contributed by atoms with Gasteiger partial charge < -0.3 is 5.32 Å². The van der Waals surface area contributed by atoms with Crippen molar-refractivity contribution in [3.8, 4) is 0 Å². The highest BCUT2D eigenvalue weighted by Gasteiger charge is 2.07. The molecule has 0 aliphatic carbocycles. The molecule has 1 amide bonds. The average molecular weight is 290 g/mol. The van der Waals surface area contributed by atoms with E-state index >= 15 is 0 Å². The zero-order valence-electron chi connectivity index (χ0n) is 12.5. The number of nitrogens with zero attached hydrogens (tertiary/aromatic N) is 1. The Labute approximate surface area is 130 Å². The van der Waals surface area contributed by atoms with Crippen LogP contribution in [0.15, 0.2) is 60.9 Å². The van der Waals surface area contributed by atoms with Crippen molar-refractivity contribution in [3.63, 3.8) is 0 Å². The van der Waals surface area contributed by atoms with Gasteiger partial charge in [0.15, 0.2) is 0 Å². The predicted octanol–water partition coefficient (Wildman–Crippen LogP) is 4.44. The van der Waals surface area contributed by atoms with Crippen LogP contribution in [0.4, 0.5) is 5.69 Å². The third-order valence-electron chi connectivity index (χ3n) is 3.65. The number of anilines is 1. The smallest absolute Gasteiger partial charge is 0.255 e. The summed E-state index contributed by atoms with van der Waals surface area (Å²) in [5.41, 5.74) is 2.76. The number of fused-ring (bicyclic) bond motifs is 1. The number of carbonyl (C=O) groups is 1. The molecule has 2 aromatic carbocycles. The van der Waals surface area contributed by atoms with Gasteiger partial charge in [0.1, 0.15) is 0 Å². The Hall–Kier alpha value is -2.68. The Kier molecular flexibility index (Phi) is 4.15. The molecule has 0 aliphatic rings. The quantitative estimate of drug-likeness (QED) is 0.772. The van der Waals surface area contributed by atoms with Gasteiger partial charge in [-0.05, 0) is 47.7 Å². The van der Waals surface area contributed by atoms with Gasteiger partial charge in [-0.3, -0.25) is 9.78 Å². The number of aryl methyl sites for hydroxylation is 1. The number of aromatic nitrogens is 1. The van der Waals surface area contributed by atoms with E-state index in [1.165, 1.54) is 5.56 Å². The molecule has 0 saturated carbocycles. The SMILES string of the molecule is CCCc1ccc(NC(=O)c2ccc3cnccc3c2)cc1. The van der Waals surface area contributed by atoms with Gasteiger partial charge in [0.25, 0.3) is 5.91 Å². The molecular formula is C19H18N2O. The van der Waals surface area contributed by atoms with Crippen LogP contribution in [0.1, 0.15) is 29.3 Å². The minimum absolute atomic E-state index is 0.0954. The number of nitrogens with one attached hydrogen (secondary N) is 1. The molecule has 0 radical (unpaired) electrons. The zero-order valence-corrected chi connectivity index (χ0v) is 12.5. The van der Waals surface area contributed by atoms with E-state index in [4.69, 9.17) is 0 Å². The van der Waals surface area contributed by atoms with Crippen molar-refractivity contribution in [2.24, 2.45) is 0 Å². The summed E-state index contributed by atoms with van der Waals surface area (Å²) in [5, 5.41) is 4.98. The van der Waals surface area contributed by atoms with Crippen LogP contribution in [0.25, 0.3) is 10.8 Å². The summed E-state index contributed by atoms with van der Waals surface area (Å²) in [4.78, 5) is 16.4. The maximum Gasteiger partial charge on any atom is 0.255 e. The summed E-state index contributed by atoms with van der Waals surface area (Å²) in [6.45, 7) is 2.16. The van der Waals surface area contributed by atoms with E-state index in [9.17, 15) is 4.79 Å².